The van der Waals surface area contributed by atoms with Gasteiger partial charge in [0.05, 0.1) is 0 Å². The van der Waals surface area contributed by atoms with Crippen LogP contribution >= 0.6 is 23.5 Å². The van der Waals surface area contributed by atoms with Crippen molar-refractivity contribution in [2.75, 3.05) is 19.3 Å². The molecule has 2 unspecified atom stereocenters. The molecular formula is C13H20N4O2S2. The number of thioether (sulfide) groups is 2. The predicted molar refractivity (Wildman–Crippen MR) is 90.3 cm³/mol. The van der Waals surface area contributed by atoms with E-state index in [1.54, 1.807) is 12.4 Å². The molecule has 2 aliphatic heterocycles. The van der Waals surface area contributed by atoms with E-state index in [0.29, 0.717) is 0 Å². The SMILES string of the molecule is CSC1(OCOC2(SC)N=CC=C(C)N2)N=CC=C(C)N1. The second-order valence-electron chi connectivity index (χ2n) is 4.48. The van der Waals surface area contributed by atoms with Gasteiger partial charge < -0.3 is 20.1 Å². The fourth-order valence-corrected chi connectivity index (χ4v) is 2.99. The molecule has 0 radical (unpaired) electrons. The van der Waals surface area contributed by atoms with Crippen LogP contribution in [-0.2, 0) is 9.47 Å². The molecule has 2 heterocycles. The van der Waals surface area contributed by atoms with Crippen LogP contribution in [0.5, 0.6) is 0 Å². The summed E-state index contributed by atoms with van der Waals surface area (Å²) in [5, 5.41) is 4.72. The monoisotopic (exact) mass is 328 g/mol. The van der Waals surface area contributed by atoms with Crippen LogP contribution in [0.2, 0.25) is 0 Å². The number of hydrogen-bond donors (Lipinski definition) is 2. The third-order valence-electron chi connectivity index (χ3n) is 2.91. The predicted octanol–water partition coefficient (Wildman–Crippen LogP) is 2.08. The van der Waals surface area contributed by atoms with Crippen molar-refractivity contribution in [1.82, 2.24) is 10.6 Å². The number of nitrogens with one attached hydrogen (secondary N) is 2. The molecule has 2 N–H and O–H groups in total. The number of rotatable bonds is 6. The molecule has 2 atom stereocenters. The Morgan fingerprint density at radius 3 is 1.71 bits per heavy atom. The third-order valence-corrected chi connectivity index (χ3v) is 4.67. The highest BCUT2D eigenvalue weighted by Crippen LogP contribution is 2.29. The van der Waals surface area contributed by atoms with Crippen LogP contribution in [0, 0.1) is 0 Å². The quantitative estimate of drug-likeness (QED) is 0.728. The molecule has 0 fully saturated rings. The molecule has 6 nitrogen and oxygen atoms in total. The molecule has 2 aliphatic rings. The Morgan fingerprint density at radius 1 is 0.952 bits per heavy atom. The molecule has 8 heteroatoms. The van der Waals surface area contributed by atoms with Crippen LogP contribution in [0.15, 0.2) is 33.5 Å². The molecule has 0 aromatic carbocycles. The Hall–Kier alpha value is -0.960. The number of nitrogens with zero attached hydrogens (tertiary/aromatic N) is 2. The van der Waals surface area contributed by atoms with Crippen molar-refractivity contribution in [3.8, 4) is 0 Å². The van der Waals surface area contributed by atoms with Gasteiger partial charge in [0, 0.05) is 23.8 Å². The summed E-state index contributed by atoms with van der Waals surface area (Å²) < 4.78 is 11.6. The van der Waals surface area contributed by atoms with Gasteiger partial charge >= 0.3 is 0 Å². The van der Waals surface area contributed by atoms with Crippen LogP contribution in [0.1, 0.15) is 13.8 Å². The maximum atomic E-state index is 5.80. The minimum absolute atomic E-state index is 0.0525. The zero-order valence-corrected chi connectivity index (χ0v) is 14.2. The molecule has 0 aromatic rings. The molecule has 0 spiro atoms. The highest BCUT2D eigenvalue weighted by molar-refractivity contribution is 8.00. The molecule has 0 aromatic heterocycles. The van der Waals surface area contributed by atoms with Crippen molar-refractivity contribution in [3.63, 3.8) is 0 Å². The fourth-order valence-electron chi connectivity index (χ4n) is 1.80. The summed E-state index contributed by atoms with van der Waals surface area (Å²) in [5.74, 6) is 0. The van der Waals surface area contributed by atoms with Crippen LogP contribution in [-0.4, -0.2) is 42.1 Å². The summed E-state index contributed by atoms with van der Waals surface area (Å²) >= 11 is 2.92. The van der Waals surface area contributed by atoms with Crippen LogP contribution < -0.4 is 10.6 Å². The number of ether oxygens (including phenoxy) is 2. The molecule has 0 bridgehead atoms. The number of aliphatic imine (C=N–C) groups is 2. The normalized spacial score (nSPS) is 31.2. The molecule has 0 saturated heterocycles. The van der Waals surface area contributed by atoms with Gasteiger partial charge in [-0.3, -0.25) is 0 Å². The lowest BCUT2D eigenvalue weighted by Crippen LogP contribution is -2.47. The first-order valence-corrected chi connectivity index (χ1v) is 8.87. The van der Waals surface area contributed by atoms with Crippen molar-refractivity contribution in [3.05, 3.63) is 23.5 Å². The smallest absolute Gasteiger partial charge is 0.290 e. The zero-order valence-electron chi connectivity index (χ0n) is 12.5. The van der Waals surface area contributed by atoms with E-state index in [1.807, 2.05) is 38.5 Å². The zero-order chi connectivity index (χ0) is 15.3. The van der Waals surface area contributed by atoms with Crippen LogP contribution in [0.4, 0.5) is 0 Å². The molecule has 0 saturated carbocycles. The molecule has 0 amide bonds. The summed E-state index contributed by atoms with van der Waals surface area (Å²) in [7, 11) is 0. The van der Waals surface area contributed by atoms with Crippen molar-refractivity contribution >= 4 is 36.0 Å². The van der Waals surface area contributed by atoms with Crippen molar-refractivity contribution < 1.29 is 9.47 Å². The lowest BCUT2D eigenvalue weighted by Gasteiger charge is -2.35. The number of allylic oxidation sites excluding steroid dienone is 4. The Bertz CT molecular complexity index is 462. The highest BCUT2D eigenvalue weighted by Gasteiger charge is 2.34. The standard InChI is InChI=1S/C13H20N4O2S2/c1-10-5-7-14-12(16-10,20-3)18-9-19-13(21-4)15-8-6-11(2)17-13/h5-8,16-17H,9H2,1-4H3. The summed E-state index contributed by atoms with van der Waals surface area (Å²) in [6, 6.07) is 0. The molecule has 2 rings (SSSR count). The Labute approximate surface area is 133 Å². The second kappa shape index (κ2) is 6.87. The van der Waals surface area contributed by atoms with Gasteiger partial charge in [-0.1, -0.05) is 23.5 Å². The summed E-state index contributed by atoms with van der Waals surface area (Å²) in [6.07, 6.45) is 11.1. The summed E-state index contributed by atoms with van der Waals surface area (Å²) in [4.78, 5) is 8.69. The first-order valence-electron chi connectivity index (χ1n) is 6.42. The molecule has 116 valence electrons. The minimum atomic E-state index is -0.846. The average Bonchev–Trinajstić information content (AvgIpc) is 2.47. The van der Waals surface area contributed by atoms with E-state index in [0.717, 1.165) is 11.4 Å². The van der Waals surface area contributed by atoms with Gasteiger partial charge in [0.1, 0.15) is 0 Å². The van der Waals surface area contributed by atoms with E-state index in [2.05, 4.69) is 20.6 Å². The van der Waals surface area contributed by atoms with Gasteiger partial charge in [0.2, 0.25) is 0 Å². The summed E-state index contributed by atoms with van der Waals surface area (Å²) in [6.45, 7) is 3.98. The maximum Gasteiger partial charge on any atom is 0.290 e. The Kier molecular flexibility index (Phi) is 5.37. The Morgan fingerprint density at radius 2 is 1.38 bits per heavy atom. The van der Waals surface area contributed by atoms with Crippen molar-refractivity contribution in [2.24, 2.45) is 9.98 Å². The third kappa shape index (κ3) is 4.03. The van der Waals surface area contributed by atoms with E-state index in [9.17, 15) is 0 Å². The van der Waals surface area contributed by atoms with Gasteiger partial charge in [0.25, 0.3) is 10.4 Å². The van der Waals surface area contributed by atoms with E-state index in [4.69, 9.17) is 9.47 Å². The van der Waals surface area contributed by atoms with E-state index >= 15 is 0 Å². The average molecular weight is 328 g/mol. The van der Waals surface area contributed by atoms with Crippen LogP contribution in [0.25, 0.3) is 0 Å². The lowest BCUT2D eigenvalue weighted by molar-refractivity contribution is -0.147. The van der Waals surface area contributed by atoms with Gasteiger partial charge in [-0.25, -0.2) is 9.98 Å². The number of hydrogen-bond acceptors (Lipinski definition) is 8. The van der Waals surface area contributed by atoms with E-state index in [-0.39, 0.29) is 6.79 Å². The van der Waals surface area contributed by atoms with E-state index in [1.165, 1.54) is 23.5 Å². The Balaban J connectivity index is 1.94. The summed E-state index contributed by atoms with van der Waals surface area (Å²) in [5.41, 5.74) is 1.98. The maximum absolute atomic E-state index is 5.80. The molecular weight excluding hydrogens is 308 g/mol. The van der Waals surface area contributed by atoms with Crippen molar-refractivity contribution in [2.45, 2.75) is 24.2 Å². The largest absolute Gasteiger partial charge is 0.333 e. The molecule has 0 aliphatic carbocycles. The van der Waals surface area contributed by atoms with Gasteiger partial charge in [-0.15, -0.1) is 0 Å². The van der Waals surface area contributed by atoms with Gasteiger partial charge in [-0.2, -0.15) is 0 Å². The first-order chi connectivity index (χ1) is 10.0. The first kappa shape index (κ1) is 16.4. The topological polar surface area (TPSA) is 67.2 Å². The minimum Gasteiger partial charge on any atom is -0.333 e. The van der Waals surface area contributed by atoms with Gasteiger partial charge in [-0.05, 0) is 38.5 Å². The highest BCUT2D eigenvalue weighted by atomic mass is 32.2. The van der Waals surface area contributed by atoms with Gasteiger partial charge in [0.15, 0.2) is 6.79 Å². The van der Waals surface area contributed by atoms with Crippen LogP contribution in [0.3, 0.4) is 0 Å². The lowest BCUT2D eigenvalue weighted by atomic mass is 10.4. The van der Waals surface area contributed by atoms with E-state index < -0.39 is 10.4 Å². The fraction of sp³-hybridized carbons (Fsp3) is 0.538. The van der Waals surface area contributed by atoms with Crippen molar-refractivity contribution in [1.29, 1.82) is 0 Å². The molecule has 21 heavy (non-hydrogen) atoms. The second-order valence-corrected chi connectivity index (χ2v) is 6.41.